The quantitative estimate of drug-likeness (QED) is 0.444. The van der Waals surface area contributed by atoms with E-state index >= 15 is 0 Å². The van der Waals surface area contributed by atoms with Crippen LogP contribution in [-0.4, -0.2) is 89.2 Å². The summed E-state index contributed by atoms with van der Waals surface area (Å²) in [4.78, 5) is 31.1. The first-order chi connectivity index (χ1) is 20.1. The molecule has 3 fully saturated rings. The van der Waals surface area contributed by atoms with Gasteiger partial charge in [0, 0.05) is 74.6 Å². The third-order valence-corrected chi connectivity index (χ3v) is 9.39. The van der Waals surface area contributed by atoms with Gasteiger partial charge in [-0.25, -0.2) is 0 Å². The Balaban J connectivity index is 1.15. The van der Waals surface area contributed by atoms with Crippen molar-refractivity contribution in [2.24, 2.45) is 5.92 Å². The second-order valence-corrected chi connectivity index (χ2v) is 11.8. The number of amides is 1. The first kappa shape index (κ1) is 26.1. The van der Waals surface area contributed by atoms with Crippen molar-refractivity contribution in [2.45, 2.75) is 38.3 Å². The number of ether oxygens (including phenoxy) is 1. The second kappa shape index (κ2) is 10.9. The molecule has 2 saturated heterocycles. The number of piperidine rings is 1. The van der Waals surface area contributed by atoms with Gasteiger partial charge in [-0.2, -0.15) is 9.97 Å². The molecule has 2 unspecified atom stereocenters. The Labute approximate surface area is 241 Å². The zero-order valence-corrected chi connectivity index (χ0v) is 23.5. The molecular formula is C32H38N6O3. The number of phenolic OH excluding ortho intramolecular Hbond substituents is 1. The van der Waals surface area contributed by atoms with Crippen LogP contribution in [0.2, 0.25) is 0 Å². The van der Waals surface area contributed by atoms with Crippen LogP contribution < -0.4 is 14.5 Å². The monoisotopic (exact) mass is 554 g/mol. The van der Waals surface area contributed by atoms with Gasteiger partial charge in [0.1, 0.15) is 18.2 Å². The Kier molecular flexibility index (Phi) is 6.90. The molecule has 1 aliphatic carbocycles. The summed E-state index contributed by atoms with van der Waals surface area (Å²) in [6.07, 6.45) is 6.19. The number of piperazine rings is 1. The summed E-state index contributed by atoms with van der Waals surface area (Å²) < 4.78 is 6.25. The summed E-state index contributed by atoms with van der Waals surface area (Å²) in [7, 11) is 0. The number of hydrogen-bond acceptors (Lipinski definition) is 8. The van der Waals surface area contributed by atoms with E-state index in [1.807, 2.05) is 35.2 Å². The topological polar surface area (TPSA) is 85.3 Å². The summed E-state index contributed by atoms with van der Waals surface area (Å²) in [5.74, 6) is 2.02. The van der Waals surface area contributed by atoms with Crippen molar-refractivity contribution < 1.29 is 14.6 Å². The predicted octanol–water partition coefficient (Wildman–Crippen LogP) is 3.60. The van der Waals surface area contributed by atoms with E-state index in [2.05, 4.69) is 27.3 Å². The number of aromatic nitrogens is 2. The van der Waals surface area contributed by atoms with E-state index in [0.717, 1.165) is 59.0 Å². The largest absolute Gasteiger partial charge is 0.508 e. The number of benzene rings is 2. The van der Waals surface area contributed by atoms with E-state index in [-0.39, 0.29) is 11.7 Å². The number of hydrogen-bond donors (Lipinski definition) is 1. The molecule has 9 nitrogen and oxygen atoms in total. The van der Waals surface area contributed by atoms with Gasteiger partial charge in [0.15, 0.2) is 0 Å². The minimum absolute atomic E-state index is 0.0250. The van der Waals surface area contributed by atoms with Crippen molar-refractivity contribution >= 4 is 28.2 Å². The SMILES string of the molecule is C=CC(=O)N1CCN(c2nc(OCCN3CC4CCC3C4)nc3c2CCN(c2cc(O)cc4ccccc24)C3)CC1. The van der Waals surface area contributed by atoms with Crippen LogP contribution in [0.4, 0.5) is 11.5 Å². The molecule has 1 amide bonds. The molecule has 214 valence electrons. The molecule has 2 bridgehead atoms. The van der Waals surface area contributed by atoms with Crippen LogP contribution in [0, 0.1) is 5.92 Å². The van der Waals surface area contributed by atoms with Crippen molar-refractivity contribution in [3.05, 3.63) is 60.3 Å². The second-order valence-electron chi connectivity index (χ2n) is 11.8. The normalized spacial score (nSPS) is 22.3. The van der Waals surface area contributed by atoms with Gasteiger partial charge in [-0.15, -0.1) is 0 Å². The van der Waals surface area contributed by atoms with Gasteiger partial charge in [-0.05, 0) is 49.1 Å². The highest BCUT2D eigenvalue weighted by Crippen LogP contribution is 2.38. The molecule has 1 saturated carbocycles. The van der Waals surface area contributed by atoms with Crippen LogP contribution in [0.5, 0.6) is 11.8 Å². The maximum atomic E-state index is 12.2. The number of aromatic hydroxyl groups is 1. The molecule has 0 radical (unpaired) electrons. The van der Waals surface area contributed by atoms with E-state index in [1.165, 1.54) is 31.9 Å². The lowest BCUT2D eigenvalue weighted by Crippen LogP contribution is -2.49. The summed E-state index contributed by atoms with van der Waals surface area (Å²) in [5.41, 5.74) is 3.13. The van der Waals surface area contributed by atoms with Gasteiger partial charge >= 0.3 is 6.01 Å². The number of phenols is 1. The number of nitrogens with zero attached hydrogens (tertiary/aromatic N) is 6. The fraction of sp³-hybridized carbons (Fsp3) is 0.469. The van der Waals surface area contributed by atoms with Crippen molar-refractivity contribution in [3.8, 4) is 11.8 Å². The van der Waals surface area contributed by atoms with E-state index in [9.17, 15) is 9.90 Å². The molecule has 4 heterocycles. The van der Waals surface area contributed by atoms with Crippen LogP contribution >= 0.6 is 0 Å². The molecule has 3 aliphatic heterocycles. The van der Waals surface area contributed by atoms with Crippen LogP contribution in [0.3, 0.4) is 0 Å². The Morgan fingerprint density at radius 2 is 1.93 bits per heavy atom. The minimum atomic E-state index is -0.0250. The molecule has 41 heavy (non-hydrogen) atoms. The fourth-order valence-electron chi connectivity index (χ4n) is 7.28. The lowest BCUT2D eigenvalue weighted by Gasteiger charge is -2.38. The maximum Gasteiger partial charge on any atom is 0.318 e. The number of likely N-dealkylation sites (tertiary alicyclic amines) is 1. The molecule has 3 aromatic rings. The molecule has 1 aromatic heterocycles. The fourth-order valence-corrected chi connectivity index (χ4v) is 7.28. The predicted molar refractivity (Wildman–Crippen MR) is 160 cm³/mol. The van der Waals surface area contributed by atoms with E-state index in [1.54, 1.807) is 0 Å². The molecule has 0 spiro atoms. The summed E-state index contributed by atoms with van der Waals surface area (Å²) >= 11 is 0. The highest BCUT2D eigenvalue weighted by molar-refractivity contribution is 5.95. The Hall–Kier alpha value is -3.85. The maximum absolute atomic E-state index is 12.2. The van der Waals surface area contributed by atoms with Crippen molar-refractivity contribution in [1.82, 2.24) is 19.8 Å². The number of fused-ring (bicyclic) bond motifs is 4. The molecule has 2 aromatic carbocycles. The molecule has 7 rings (SSSR count). The van der Waals surface area contributed by atoms with Gasteiger partial charge < -0.3 is 24.5 Å². The first-order valence-corrected chi connectivity index (χ1v) is 15.0. The number of anilines is 2. The minimum Gasteiger partial charge on any atom is -0.508 e. The van der Waals surface area contributed by atoms with Crippen molar-refractivity contribution in [3.63, 3.8) is 0 Å². The summed E-state index contributed by atoms with van der Waals surface area (Å²) in [6.45, 7) is 10.4. The van der Waals surface area contributed by atoms with E-state index in [4.69, 9.17) is 14.7 Å². The number of carbonyl (C=O) groups is 1. The smallest absolute Gasteiger partial charge is 0.318 e. The van der Waals surface area contributed by atoms with Crippen molar-refractivity contribution in [2.75, 3.05) is 62.2 Å². The zero-order valence-electron chi connectivity index (χ0n) is 23.5. The summed E-state index contributed by atoms with van der Waals surface area (Å²) in [6, 6.07) is 13.0. The average molecular weight is 555 g/mol. The van der Waals surface area contributed by atoms with Crippen LogP contribution in [0.15, 0.2) is 49.1 Å². The van der Waals surface area contributed by atoms with E-state index in [0.29, 0.717) is 51.4 Å². The number of rotatable bonds is 7. The number of carbonyl (C=O) groups excluding carboxylic acids is 1. The molecule has 9 heteroatoms. The van der Waals surface area contributed by atoms with Gasteiger partial charge in [0.25, 0.3) is 0 Å². The van der Waals surface area contributed by atoms with Crippen LogP contribution in [-0.2, 0) is 17.8 Å². The first-order valence-electron chi connectivity index (χ1n) is 15.0. The zero-order chi connectivity index (χ0) is 27.9. The van der Waals surface area contributed by atoms with Gasteiger partial charge in [0.2, 0.25) is 5.91 Å². The molecule has 4 aliphatic rings. The Morgan fingerprint density at radius 3 is 2.71 bits per heavy atom. The third kappa shape index (κ3) is 5.07. The van der Waals surface area contributed by atoms with Crippen LogP contribution in [0.25, 0.3) is 10.8 Å². The van der Waals surface area contributed by atoms with Gasteiger partial charge in [0.05, 0.1) is 12.2 Å². The van der Waals surface area contributed by atoms with Crippen LogP contribution in [0.1, 0.15) is 30.5 Å². The highest BCUT2D eigenvalue weighted by Gasteiger charge is 2.37. The van der Waals surface area contributed by atoms with E-state index < -0.39 is 0 Å². The van der Waals surface area contributed by atoms with Crippen molar-refractivity contribution in [1.29, 1.82) is 0 Å². The highest BCUT2D eigenvalue weighted by atomic mass is 16.5. The lowest BCUT2D eigenvalue weighted by molar-refractivity contribution is -0.126. The molecule has 2 atom stereocenters. The lowest BCUT2D eigenvalue weighted by atomic mass is 10.0. The molecular weight excluding hydrogens is 516 g/mol. The average Bonchev–Trinajstić information content (AvgIpc) is 3.63. The molecule has 1 N–H and O–H groups in total. The Morgan fingerprint density at radius 1 is 1.07 bits per heavy atom. The van der Waals surface area contributed by atoms with Gasteiger partial charge in [-0.3, -0.25) is 9.69 Å². The Bertz CT molecular complexity index is 1470. The summed E-state index contributed by atoms with van der Waals surface area (Å²) in [5, 5.41) is 12.6. The van der Waals surface area contributed by atoms with Gasteiger partial charge in [-0.1, -0.05) is 30.8 Å². The standard InChI is InChI=1S/C32H38N6O3/c1-2-30(40)35-11-13-36(14-12-35)31-27-9-10-38(29-19-25(39)18-23-5-3-4-6-26(23)29)21-28(27)33-32(34-31)41-16-15-37-20-22-7-8-24(37)17-22/h2-6,18-19,22,24,39H,1,7-17,20-21H2. The third-order valence-electron chi connectivity index (χ3n) is 9.39.